The normalized spacial score (nSPS) is 11.3. The topological polar surface area (TPSA) is 35.9 Å². The molecule has 2 N–H and O–H groups in total. The number of benzene rings is 1. The Morgan fingerprint density at radius 3 is 2.33 bits per heavy atom. The molecule has 0 heterocycles. The lowest BCUT2D eigenvalue weighted by Gasteiger charge is -2.16. The summed E-state index contributed by atoms with van der Waals surface area (Å²) in [7, 11) is 1.41. The number of aryl methyl sites for hydroxylation is 1. The highest BCUT2D eigenvalue weighted by molar-refractivity contribution is 5.89. The van der Waals surface area contributed by atoms with Crippen LogP contribution in [0.25, 0.3) is 0 Å². The predicted octanol–water partition coefficient (Wildman–Crippen LogP) is 3.05. The first-order chi connectivity index (χ1) is 6.91. The van der Waals surface area contributed by atoms with Crippen LogP contribution in [0.3, 0.4) is 0 Å². The van der Waals surface area contributed by atoms with Crippen molar-refractivity contribution < 1.29 is 13.2 Å². The van der Waals surface area contributed by atoms with Gasteiger partial charge in [-0.15, -0.1) is 0 Å². The highest BCUT2D eigenvalue weighted by Crippen LogP contribution is 2.36. The van der Waals surface area contributed by atoms with Crippen LogP contribution in [0.5, 0.6) is 0 Å². The third-order valence-corrected chi connectivity index (χ3v) is 2.16. The summed E-state index contributed by atoms with van der Waals surface area (Å²) in [5, 5.41) is 9.59. The number of hydrogen-bond acceptors (Lipinski definition) is 2. The fraction of sp³-hybridized carbons (Fsp3) is 0.300. The average molecular weight is 216 g/mol. The molecule has 0 radical (unpaired) electrons. The molecule has 1 aromatic rings. The van der Waals surface area contributed by atoms with Crippen LogP contribution in [-0.2, 0) is 6.18 Å². The fourth-order valence-corrected chi connectivity index (χ4v) is 1.42. The molecule has 0 atom stereocenters. The van der Waals surface area contributed by atoms with E-state index in [0.29, 0.717) is 5.56 Å². The van der Waals surface area contributed by atoms with Gasteiger partial charge in [0.15, 0.2) is 0 Å². The molecule has 0 saturated carbocycles. The van der Waals surface area contributed by atoms with E-state index in [2.05, 4.69) is 5.32 Å². The summed E-state index contributed by atoms with van der Waals surface area (Å²) in [6.45, 7) is 1.67. The Bertz CT molecular complexity index is 383. The van der Waals surface area contributed by atoms with Crippen LogP contribution in [-0.4, -0.2) is 13.3 Å². The largest absolute Gasteiger partial charge is 0.418 e. The van der Waals surface area contributed by atoms with E-state index in [9.17, 15) is 13.2 Å². The van der Waals surface area contributed by atoms with E-state index >= 15 is 0 Å². The minimum atomic E-state index is -4.40. The zero-order valence-electron chi connectivity index (χ0n) is 8.37. The van der Waals surface area contributed by atoms with Gasteiger partial charge in [0.25, 0.3) is 0 Å². The van der Waals surface area contributed by atoms with E-state index in [-0.39, 0.29) is 11.3 Å². The van der Waals surface area contributed by atoms with Crippen molar-refractivity contribution in [1.29, 1.82) is 5.41 Å². The number of hydrogen-bond donors (Lipinski definition) is 2. The average Bonchev–Trinajstić information content (AvgIpc) is 2.15. The summed E-state index contributed by atoms with van der Waals surface area (Å²) in [5.74, 6) is 0. The lowest BCUT2D eigenvalue weighted by molar-refractivity contribution is -0.136. The maximum atomic E-state index is 12.6. The molecule has 0 fully saturated rings. The van der Waals surface area contributed by atoms with Gasteiger partial charge >= 0.3 is 6.18 Å². The monoisotopic (exact) mass is 216 g/mol. The molecular formula is C10H11F3N2. The predicted molar refractivity (Wildman–Crippen MR) is 53.6 cm³/mol. The standard InChI is InChI=1S/C10H11F3N2/c1-6-3-4-8(10(11,12)13)9(15-2)7(6)5-14/h3-5,14-15H,1-2H3. The molecule has 0 aliphatic carbocycles. The fourth-order valence-electron chi connectivity index (χ4n) is 1.42. The minimum absolute atomic E-state index is 0.0440. The summed E-state index contributed by atoms with van der Waals surface area (Å²) < 4.78 is 37.7. The Morgan fingerprint density at radius 2 is 1.93 bits per heavy atom. The number of rotatable bonds is 2. The molecule has 0 aliphatic heterocycles. The van der Waals surface area contributed by atoms with E-state index in [1.807, 2.05) is 0 Å². The molecule has 1 rings (SSSR count). The van der Waals surface area contributed by atoms with Gasteiger partial charge in [0.05, 0.1) is 11.3 Å². The van der Waals surface area contributed by atoms with Crippen LogP contribution in [0.2, 0.25) is 0 Å². The Hall–Kier alpha value is -1.52. The van der Waals surface area contributed by atoms with Crippen molar-refractivity contribution >= 4 is 11.9 Å². The molecule has 0 bridgehead atoms. The zero-order chi connectivity index (χ0) is 11.6. The second-order valence-electron chi connectivity index (χ2n) is 3.11. The number of anilines is 1. The van der Waals surface area contributed by atoms with Crippen LogP contribution in [0, 0.1) is 12.3 Å². The smallest absolute Gasteiger partial charge is 0.387 e. The van der Waals surface area contributed by atoms with Gasteiger partial charge in [0, 0.05) is 18.8 Å². The van der Waals surface area contributed by atoms with Crippen LogP contribution >= 0.6 is 0 Å². The maximum absolute atomic E-state index is 12.6. The van der Waals surface area contributed by atoms with Gasteiger partial charge in [-0.25, -0.2) is 0 Å². The molecule has 5 heteroatoms. The molecule has 0 saturated heterocycles. The van der Waals surface area contributed by atoms with E-state index < -0.39 is 11.7 Å². The van der Waals surface area contributed by atoms with Crippen molar-refractivity contribution in [2.75, 3.05) is 12.4 Å². The van der Waals surface area contributed by atoms with Gasteiger partial charge in [0.2, 0.25) is 0 Å². The maximum Gasteiger partial charge on any atom is 0.418 e. The first-order valence-corrected chi connectivity index (χ1v) is 4.30. The van der Waals surface area contributed by atoms with Gasteiger partial charge in [-0.3, -0.25) is 0 Å². The molecule has 15 heavy (non-hydrogen) atoms. The van der Waals surface area contributed by atoms with Crippen LogP contribution in [0.15, 0.2) is 12.1 Å². The van der Waals surface area contributed by atoms with E-state index in [0.717, 1.165) is 12.3 Å². The summed E-state index contributed by atoms with van der Waals surface area (Å²) in [6.07, 6.45) is -3.47. The Kier molecular flexibility index (Phi) is 3.02. The van der Waals surface area contributed by atoms with Gasteiger partial charge < -0.3 is 10.7 Å². The van der Waals surface area contributed by atoms with Gasteiger partial charge in [-0.1, -0.05) is 6.07 Å². The summed E-state index contributed by atoms with van der Waals surface area (Å²) in [5.41, 5.74) is 0.126. The SMILES string of the molecule is CNc1c(C(F)(F)F)ccc(C)c1C=N. The molecular weight excluding hydrogens is 205 g/mol. The highest BCUT2D eigenvalue weighted by atomic mass is 19.4. The summed E-state index contributed by atoms with van der Waals surface area (Å²) in [4.78, 5) is 0. The van der Waals surface area contributed by atoms with E-state index in [4.69, 9.17) is 5.41 Å². The molecule has 0 aliphatic rings. The molecule has 1 aromatic carbocycles. The third-order valence-electron chi connectivity index (χ3n) is 2.16. The van der Waals surface area contributed by atoms with E-state index in [1.54, 1.807) is 6.92 Å². The lowest BCUT2D eigenvalue weighted by atomic mass is 10.0. The van der Waals surface area contributed by atoms with Crippen molar-refractivity contribution in [3.8, 4) is 0 Å². The van der Waals surface area contributed by atoms with Crippen molar-refractivity contribution in [3.63, 3.8) is 0 Å². The molecule has 0 amide bonds. The highest BCUT2D eigenvalue weighted by Gasteiger charge is 2.34. The van der Waals surface area contributed by atoms with Crippen molar-refractivity contribution in [2.45, 2.75) is 13.1 Å². The van der Waals surface area contributed by atoms with Gasteiger partial charge in [-0.05, 0) is 18.6 Å². The number of halogens is 3. The second-order valence-corrected chi connectivity index (χ2v) is 3.11. The van der Waals surface area contributed by atoms with Crippen molar-refractivity contribution in [3.05, 3.63) is 28.8 Å². The van der Waals surface area contributed by atoms with Crippen molar-refractivity contribution in [1.82, 2.24) is 0 Å². The summed E-state index contributed by atoms with van der Waals surface area (Å²) in [6, 6.07) is 2.39. The Balaban J connectivity index is 3.49. The second kappa shape index (κ2) is 3.92. The quantitative estimate of drug-likeness (QED) is 0.732. The van der Waals surface area contributed by atoms with Gasteiger partial charge in [0.1, 0.15) is 0 Å². The molecule has 0 aromatic heterocycles. The first-order valence-electron chi connectivity index (χ1n) is 4.30. The van der Waals surface area contributed by atoms with E-state index in [1.165, 1.54) is 13.1 Å². The Labute approximate surface area is 85.6 Å². The van der Waals surface area contributed by atoms with Crippen molar-refractivity contribution in [2.24, 2.45) is 0 Å². The van der Waals surface area contributed by atoms with Gasteiger partial charge in [-0.2, -0.15) is 13.2 Å². The number of nitrogens with one attached hydrogen (secondary N) is 2. The molecule has 0 spiro atoms. The first kappa shape index (κ1) is 11.6. The molecule has 82 valence electrons. The molecule has 2 nitrogen and oxygen atoms in total. The number of alkyl halides is 3. The third kappa shape index (κ3) is 2.11. The minimum Gasteiger partial charge on any atom is -0.387 e. The van der Waals surface area contributed by atoms with Crippen LogP contribution in [0.4, 0.5) is 18.9 Å². The van der Waals surface area contributed by atoms with Crippen LogP contribution < -0.4 is 5.32 Å². The molecule has 0 unspecified atom stereocenters. The van der Waals surface area contributed by atoms with Crippen LogP contribution in [0.1, 0.15) is 16.7 Å². The zero-order valence-corrected chi connectivity index (χ0v) is 8.37. The summed E-state index contributed by atoms with van der Waals surface area (Å²) >= 11 is 0. The lowest BCUT2D eigenvalue weighted by Crippen LogP contribution is -2.11. The Morgan fingerprint density at radius 1 is 1.33 bits per heavy atom.